The predicted octanol–water partition coefficient (Wildman–Crippen LogP) is 3.21. The van der Waals surface area contributed by atoms with Gasteiger partial charge in [-0.05, 0) is 31.4 Å². The Morgan fingerprint density at radius 3 is 2.61 bits per heavy atom. The number of benzene rings is 1. The molecule has 1 heterocycles. The van der Waals surface area contributed by atoms with E-state index in [9.17, 15) is 5.11 Å². The van der Waals surface area contributed by atoms with E-state index < -0.39 is 6.23 Å². The van der Waals surface area contributed by atoms with Crippen LogP contribution in [0.5, 0.6) is 0 Å². The molecular weight excluding hydrogens is 288 g/mol. The maximum Gasteiger partial charge on any atom is 0.149 e. The summed E-state index contributed by atoms with van der Waals surface area (Å²) >= 11 is 0. The number of nitrogens with zero attached hydrogens (tertiary/aromatic N) is 2. The molecule has 5 heteroatoms. The first-order valence-electron chi connectivity index (χ1n) is 8.28. The molecule has 5 nitrogen and oxygen atoms in total. The maximum atomic E-state index is 9.62. The zero-order valence-corrected chi connectivity index (χ0v) is 13.5. The highest BCUT2D eigenvalue weighted by Crippen LogP contribution is 2.30. The minimum absolute atomic E-state index is 0.644. The van der Waals surface area contributed by atoms with Gasteiger partial charge in [-0.25, -0.2) is 9.97 Å². The van der Waals surface area contributed by atoms with E-state index in [1.807, 2.05) is 24.3 Å². The van der Waals surface area contributed by atoms with Gasteiger partial charge < -0.3 is 16.2 Å². The Morgan fingerprint density at radius 2 is 1.96 bits per heavy atom. The molecule has 4 N–H and O–H groups in total. The number of rotatable bonds is 5. The van der Waals surface area contributed by atoms with Gasteiger partial charge in [0.25, 0.3) is 0 Å². The Morgan fingerprint density at radius 1 is 1.26 bits per heavy atom. The fourth-order valence-corrected chi connectivity index (χ4v) is 3.17. The van der Waals surface area contributed by atoms with Crippen LogP contribution in [0.25, 0.3) is 11.3 Å². The SMILES string of the molecule is CC(O)Nc1ncc(-c2ccc(N)cc2)nc1CC1CCCC1. The van der Waals surface area contributed by atoms with Gasteiger partial charge >= 0.3 is 0 Å². The smallest absolute Gasteiger partial charge is 0.149 e. The summed E-state index contributed by atoms with van der Waals surface area (Å²) in [5.41, 5.74) is 9.27. The first-order chi connectivity index (χ1) is 11.1. The van der Waals surface area contributed by atoms with Crippen LogP contribution in [-0.2, 0) is 6.42 Å². The standard InChI is InChI=1S/C18H24N4O/c1-12(23)21-18-16(10-13-4-2-3-5-13)22-17(11-20-18)14-6-8-15(19)9-7-14/h6-9,11-13,23H,2-5,10,19H2,1H3,(H,20,21). The van der Waals surface area contributed by atoms with E-state index in [1.54, 1.807) is 13.1 Å². The molecule has 23 heavy (non-hydrogen) atoms. The molecule has 1 aromatic carbocycles. The van der Waals surface area contributed by atoms with E-state index in [-0.39, 0.29) is 0 Å². The van der Waals surface area contributed by atoms with Crippen molar-refractivity contribution in [1.29, 1.82) is 0 Å². The van der Waals surface area contributed by atoms with Crippen molar-refractivity contribution in [3.05, 3.63) is 36.2 Å². The number of aliphatic hydroxyl groups excluding tert-OH is 1. The third-order valence-corrected chi connectivity index (χ3v) is 4.35. The molecule has 1 atom stereocenters. The van der Waals surface area contributed by atoms with E-state index >= 15 is 0 Å². The van der Waals surface area contributed by atoms with Crippen LogP contribution in [0.4, 0.5) is 11.5 Å². The first-order valence-corrected chi connectivity index (χ1v) is 8.28. The Balaban J connectivity index is 1.90. The number of nitrogens with two attached hydrogens (primary N) is 1. The summed E-state index contributed by atoms with van der Waals surface area (Å²) in [5.74, 6) is 1.35. The molecule has 2 aromatic rings. The van der Waals surface area contributed by atoms with Crippen molar-refractivity contribution in [2.75, 3.05) is 11.1 Å². The van der Waals surface area contributed by atoms with Crippen molar-refractivity contribution >= 4 is 11.5 Å². The van der Waals surface area contributed by atoms with Crippen LogP contribution in [0.3, 0.4) is 0 Å². The van der Waals surface area contributed by atoms with Gasteiger partial charge in [0.1, 0.15) is 12.0 Å². The van der Waals surface area contributed by atoms with Gasteiger partial charge in [-0.3, -0.25) is 0 Å². The molecule has 3 rings (SSSR count). The zero-order valence-electron chi connectivity index (χ0n) is 13.5. The molecule has 1 aromatic heterocycles. The van der Waals surface area contributed by atoms with E-state index in [0.29, 0.717) is 11.7 Å². The van der Waals surface area contributed by atoms with Crippen LogP contribution in [0.2, 0.25) is 0 Å². The lowest BCUT2D eigenvalue weighted by Gasteiger charge is -2.16. The molecule has 1 fully saturated rings. The highest BCUT2D eigenvalue weighted by atomic mass is 16.3. The Bertz CT molecular complexity index is 649. The minimum Gasteiger partial charge on any atom is -0.399 e. The van der Waals surface area contributed by atoms with Crippen molar-refractivity contribution < 1.29 is 5.11 Å². The molecule has 0 bridgehead atoms. The summed E-state index contributed by atoms with van der Waals surface area (Å²) in [6.07, 6.45) is 7.11. The summed E-state index contributed by atoms with van der Waals surface area (Å²) in [4.78, 5) is 9.31. The van der Waals surface area contributed by atoms with Gasteiger partial charge in [0.05, 0.1) is 17.6 Å². The number of hydrogen-bond donors (Lipinski definition) is 3. The van der Waals surface area contributed by atoms with Gasteiger partial charge in [0.15, 0.2) is 0 Å². The highest BCUT2D eigenvalue weighted by molar-refractivity contribution is 5.62. The summed E-state index contributed by atoms with van der Waals surface area (Å²) in [6, 6.07) is 7.66. The third kappa shape index (κ3) is 3.99. The molecular formula is C18H24N4O. The molecule has 122 valence electrons. The lowest BCUT2D eigenvalue weighted by atomic mass is 10.0. The fraction of sp³-hybridized carbons (Fsp3) is 0.444. The monoisotopic (exact) mass is 312 g/mol. The van der Waals surface area contributed by atoms with Crippen LogP contribution >= 0.6 is 0 Å². The Hall–Kier alpha value is -2.14. The number of aliphatic hydroxyl groups is 1. The van der Waals surface area contributed by atoms with E-state index in [0.717, 1.165) is 29.1 Å². The summed E-state index contributed by atoms with van der Waals surface area (Å²) < 4.78 is 0. The van der Waals surface area contributed by atoms with Crippen molar-refractivity contribution in [3.8, 4) is 11.3 Å². The second-order valence-electron chi connectivity index (χ2n) is 6.35. The lowest BCUT2D eigenvalue weighted by Crippen LogP contribution is -2.18. The highest BCUT2D eigenvalue weighted by Gasteiger charge is 2.19. The fourth-order valence-electron chi connectivity index (χ4n) is 3.17. The number of anilines is 2. The molecule has 0 amide bonds. The number of nitrogens with one attached hydrogen (secondary N) is 1. The van der Waals surface area contributed by atoms with Gasteiger partial charge in [0, 0.05) is 11.3 Å². The normalized spacial score (nSPS) is 16.4. The maximum absolute atomic E-state index is 9.62. The van der Waals surface area contributed by atoms with Crippen LogP contribution in [0.15, 0.2) is 30.5 Å². The molecule has 1 saturated carbocycles. The molecule has 0 aliphatic heterocycles. The van der Waals surface area contributed by atoms with Crippen molar-refractivity contribution in [3.63, 3.8) is 0 Å². The van der Waals surface area contributed by atoms with Gasteiger partial charge in [-0.2, -0.15) is 0 Å². The van der Waals surface area contributed by atoms with Crippen LogP contribution in [-0.4, -0.2) is 21.3 Å². The van der Waals surface area contributed by atoms with Crippen LogP contribution in [0, 0.1) is 5.92 Å². The zero-order chi connectivity index (χ0) is 16.2. The molecule has 1 aliphatic rings. The average molecular weight is 312 g/mol. The average Bonchev–Trinajstić information content (AvgIpc) is 3.02. The van der Waals surface area contributed by atoms with Crippen molar-refractivity contribution in [1.82, 2.24) is 9.97 Å². The van der Waals surface area contributed by atoms with Crippen molar-refractivity contribution in [2.45, 2.75) is 45.3 Å². The predicted molar refractivity (Wildman–Crippen MR) is 92.8 cm³/mol. The first kappa shape index (κ1) is 15.7. The second kappa shape index (κ2) is 6.96. The van der Waals surface area contributed by atoms with Gasteiger partial charge in [-0.15, -0.1) is 0 Å². The molecule has 1 unspecified atom stereocenters. The molecule has 0 spiro atoms. The van der Waals surface area contributed by atoms with Gasteiger partial charge in [-0.1, -0.05) is 37.8 Å². The summed E-state index contributed by atoms with van der Waals surface area (Å²) in [7, 11) is 0. The number of aromatic nitrogens is 2. The summed E-state index contributed by atoms with van der Waals surface area (Å²) in [6.45, 7) is 1.69. The molecule has 0 radical (unpaired) electrons. The summed E-state index contributed by atoms with van der Waals surface area (Å²) in [5, 5.41) is 12.6. The number of hydrogen-bond acceptors (Lipinski definition) is 5. The Labute approximate surface area is 137 Å². The minimum atomic E-state index is -0.644. The van der Waals surface area contributed by atoms with Gasteiger partial charge in [0.2, 0.25) is 0 Å². The van der Waals surface area contributed by atoms with Crippen molar-refractivity contribution in [2.24, 2.45) is 5.92 Å². The third-order valence-electron chi connectivity index (χ3n) is 4.35. The van der Waals surface area contributed by atoms with E-state index in [4.69, 9.17) is 10.7 Å². The second-order valence-corrected chi connectivity index (χ2v) is 6.35. The Kier molecular flexibility index (Phi) is 4.76. The molecule has 0 saturated heterocycles. The molecule has 1 aliphatic carbocycles. The van der Waals surface area contributed by atoms with E-state index in [1.165, 1.54) is 25.7 Å². The number of nitrogen functional groups attached to an aromatic ring is 1. The topological polar surface area (TPSA) is 84.1 Å². The van der Waals surface area contributed by atoms with Crippen LogP contribution < -0.4 is 11.1 Å². The lowest BCUT2D eigenvalue weighted by molar-refractivity contribution is 0.223. The quantitative estimate of drug-likeness (QED) is 0.583. The largest absolute Gasteiger partial charge is 0.399 e. The van der Waals surface area contributed by atoms with Crippen LogP contribution in [0.1, 0.15) is 38.3 Å². The van der Waals surface area contributed by atoms with E-state index in [2.05, 4.69) is 10.3 Å².